The average Bonchev–Trinajstić information content (AvgIpc) is 2.35. The largest absolute Gasteiger partial charge is 0.490 e. The average molecular weight is 288 g/mol. The van der Waals surface area contributed by atoms with Crippen LogP contribution in [0.3, 0.4) is 0 Å². The summed E-state index contributed by atoms with van der Waals surface area (Å²) in [6, 6.07) is 0. The van der Waals surface area contributed by atoms with Crippen molar-refractivity contribution in [2.75, 3.05) is 49.5 Å². The van der Waals surface area contributed by atoms with Crippen LogP contribution in [0, 0.1) is 0 Å². The van der Waals surface area contributed by atoms with E-state index in [2.05, 4.69) is 15.3 Å². The Balaban J connectivity index is 2.95. The van der Waals surface area contributed by atoms with Gasteiger partial charge in [-0.15, -0.1) is 0 Å². The smallest absolute Gasteiger partial charge is 0.204 e. The fraction of sp³-hybridized carbons (Fsp3) is 0.636. The second kappa shape index (κ2) is 6.55. The Hall–Kier alpha value is -1.57. The molecule has 0 bridgehead atoms. The number of hydrogen-bond donors (Lipinski definition) is 1. The lowest BCUT2D eigenvalue weighted by Crippen LogP contribution is -2.26. The van der Waals surface area contributed by atoms with Gasteiger partial charge in [0.2, 0.25) is 5.75 Å². The number of rotatable bonds is 7. The van der Waals surface area contributed by atoms with Crippen molar-refractivity contribution in [1.29, 1.82) is 0 Å². The summed E-state index contributed by atoms with van der Waals surface area (Å²) in [5.41, 5.74) is 0. The van der Waals surface area contributed by atoms with Crippen molar-refractivity contribution in [2.45, 2.75) is 6.92 Å². The Morgan fingerprint density at radius 3 is 2.63 bits per heavy atom. The van der Waals surface area contributed by atoms with Crippen LogP contribution in [0.1, 0.15) is 6.92 Å². The molecule has 1 aromatic heterocycles. The molecule has 19 heavy (non-hydrogen) atoms. The van der Waals surface area contributed by atoms with E-state index in [1.54, 1.807) is 11.9 Å². The minimum atomic E-state index is -3.01. The van der Waals surface area contributed by atoms with Gasteiger partial charge in [0.1, 0.15) is 16.2 Å². The molecule has 1 aromatic rings. The number of hydrogen-bond acceptors (Lipinski definition) is 7. The minimum Gasteiger partial charge on any atom is -0.490 e. The van der Waals surface area contributed by atoms with Gasteiger partial charge in [-0.05, 0) is 6.92 Å². The molecule has 7 nitrogen and oxygen atoms in total. The molecule has 0 amide bonds. The van der Waals surface area contributed by atoms with Crippen molar-refractivity contribution in [2.24, 2.45) is 0 Å². The Morgan fingerprint density at radius 2 is 2.11 bits per heavy atom. The maximum atomic E-state index is 11.2. The van der Waals surface area contributed by atoms with Crippen LogP contribution in [-0.4, -0.2) is 57.6 Å². The molecule has 0 aromatic carbocycles. The van der Waals surface area contributed by atoms with E-state index in [4.69, 9.17) is 4.74 Å². The molecule has 0 aliphatic heterocycles. The lowest BCUT2D eigenvalue weighted by molar-refractivity contribution is 0.413. The van der Waals surface area contributed by atoms with E-state index in [0.29, 0.717) is 30.5 Å². The summed E-state index contributed by atoms with van der Waals surface area (Å²) in [4.78, 5) is 9.99. The molecule has 1 N–H and O–H groups in total. The van der Waals surface area contributed by atoms with Gasteiger partial charge in [0.25, 0.3) is 0 Å². The van der Waals surface area contributed by atoms with Crippen molar-refractivity contribution in [1.82, 2.24) is 9.97 Å². The molecular formula is C11H20N4O3S. The summed E-state index contributed by atoms with van der Waals surface area (Å²) >= 11 is 0. The van der Waals surface area contributed by atoms with E-state index in [1.165, 1.54) is 19.7 Å². The Bertz CT molecular complexity index is 519. The molecule has 0 saturated heterocycles. The highest BCUT2D eigenvalue weighted by Crippen LogP contribution is 2.30. The molecule has 0 aliphatic rings. The van der Waals surface area contributed by atoms with Gasteiger partial charge < -0.3 is 15.0 Å². The minimum absolute atomic E-state index is 0.0627. The van der Waals surface area contributed by atoms with Crippen molar-refractivity contribution in [3.8, 4) is 5.75 Å². The van der Waals surface area contributed by atoms with E-state index in [0.717, 1.165) is 0 Å². The Kier molecular flexibility index (Phi) is 5.34. The molecule has 0 aliphatic carbocycles. The van der Waals surface area contributed by atoms with E-state index in [1.807, 2.05) is 6.92 Å². The number of ether oxygens (including phenoxy) is 1. The molecular weight excluding hydrogens is 268 g/mol. The van der Waals surface area contributed by atoms with Gasteiger partial charge in [0, 0.05) is 26.4 Å². The second-order valence-corrected chi connectivity index (χ2v) is 6.42. The zero-order chi connectivity index (χ0) is 14.5. The van der Waals surface area contributed by atoms with Gasteiger partial charge in [-0.1, -0.05) is 0 Å². The maximum Gasteiger partial charge on any atom is 0.204 e. The summed E-state index contributed by atoms with van der Waals surface area (Å²) in [7, 11) is 0.296. The normalized spacial score (nSPS) is 11.2. The quantitative estimate of drug-likeness (QED) is 0.777. The molecule has 0 saturated carbocycles. The van der Waals surface area contributed by atoms with Crippen LogP contribution in [-0.2, 0) is 9.84 Å². The molecule has 0 fully saturated rings. The Labute approximate surface area is 113 Å². The number of anilines is 2. The summed E-state index contributed by atoms with van der Waals surface area (Å²) < 4.78 is 27.7. The molecule has 0 atom stereocenters. The molecule has 108 valence electrons. The fourth-order valence-electron chi connectivity index (χ4n) is 1.53. The highest BCUT2D eigenvalue weighted by atomic mass is 32.2. The number of nitrogens with one attached hydrogen (secondary N) is 1. The number of sulfone groups is 1. The highest BCUT2D eigenvalue weighted by Gasteiger charge is 2.16. The van der Waals surface area contributed by atoms with E-state index in [-0.39, 0.29) is 5.75 Å². The molecule has 0 unspecified atom stereocenters. The summed E-state index contributed by atoms with van der Waals surface area (Å²) in [6.45, 7) is 3.01. The maximum absolute atomic E-state index is 11.2. The third-order valence-corrected chi connectivity index (χ3v) is 3.42. The molecule has 8 heteroatoms. The first-order chi connectivity index (χ1) is 8.89. The SMILES string of the molecule is CCNc1ncnc(N(C)CCS(C)(=O)=O)c1OC. The third-order valence-electron chi connectivity index (χ3n) is 2.49. The number of methoxy groups -OCH3 is 1. The van der Waals surface area contributed by atoms with E-state index < -0.39 is 9.84 Å². The first kappa shape index (κ1) is 15.5. The van der Waals surface area contributed by atoms with Gasteiger partial charge in [0.15, 0.2) is 11.6 Å². The first-order valence-corrected chi connectivity index (χ1v) is 7.96. The first-order valence-electron chi connectivity index (χ1n) is 5.90. The van der Waals surface area contributed by atoms with Crippen LogP contribution in [0.15, 0.2) is 6.33 Å². The van der Waals surface area contributed by atoms with Gasteiger partial charge in [0.05, 0.1) is 12.9 Å². The van der Waals surface area contributed by atoms with Gasteiger partial charge >= 0.3 is 0 Å². The topological polar surface area (TPSA) is 84.4 Å². The van der Waals surface area contributed by atoms with E-state index in [9.17, 15) is 8.42 Å². The van der Waals surface area contributed by atoms with Crippen LogP contribution in [0.2, 0.25) is 0 Å². The van der Waals surface area contributed by atoms with Crippen LogP contribution >= 0.6 is 0 Å². The van der Waals surface area contributed by atoms with Gasteiger partial charge in [-0.25, -0.2) is 18.4 Å². The number of nitrogens with zero attached hydrogens (tertiary/aromatic N) is 3. The summed E-state index contributed by atoms with van der Waals surface area (Å²) in [5, 5.41) is 3.07. The van der Waals surface area contributed by atoms with Crippen LogP contribution in [0.4, 0.5) is 11.6 Å². The van der Waals surface area contributed by atoms with Crippen molar-refractivity contribution >= 4 is 21.5 Å². The Morgan fingerprint density at radius 1 is 1.42 bits per heavy atom. The monoisotopic (exact) mass is 288 g/mol. The predicted molar refractivity (Wildman–Crippen MR) is 75.7 cm³/mol. The zero-order valence-corrected chi connectivity index (χ0v) is 12.5. The zero-order valence-electron chi connectivity index (χ0n) is 11.7. The third kappa shape index (κ3) is 4.55. The molecule has 1 heterocycles. The summed E-state index contributed by atoms with van der Waals surface area (Å²) in [6.07, 6.45) is 2.63. The second-order valence-electron chi connectivity index (χ2n) is 4.16. The van der Waals surface area contributed by atoms with Crippen molar-refractivity contribution in [3.05, 3.63) is 6.33 Å². The molecule has 1 rings (SSSR count). The van der Waals surface area contributed by atoms with E-state index >= 15 is 0 Å². The standard InChI is InChI=1S/C11H20N4O3S/c1-5-12-10-9(18-3)11(14-8-13-10)15(2)6-7-19(4,16)17/h8H,5-7H2,1-4H3,(H,12,13,14). The molecule has 0 spiro atoms. The highest BCUT2D eigenvalue weighted by molar-refractivity contribution is 7.90. The van der Waals surface area contributed by atoms with Crippen LogP contribution < -0.4 is 15.0 Å². The fourth-order valence-corrected chi connectivity index (χ4v) is 2.13. The van der Waals surface area contributed by atoms with Crippen LogP contribution in [0.5, 0.6) is 5.75 Å². The van der Waals surface area contributed by atoms with Crippen molar-refractivity contribution in [3.63, 3.8) is 0 Å². The number of aromatic nitrogens is 2. The van der Waals surface area contributed by atoms with Crippen LogP contribution in [0.25, 0.3) is 0 Å². The van der Waals surface area contributed by atoms with Crippen molar-refractivity contribution < 1.29 is 13.2 Å². The van der Waals surface area contributed by atoms with Gasteiger partial charge in [-0.2, -0.15) is 0 Å². The van der Waals surface area contributed by atoms with Gasteiger partial charge in [-0.3, -0.25) is 0 Å². The molecule has 0 radical (unpaired) electrons. The summed E-state index contributed by atoms with van der Waals surface area (Å²) in [5.74, 6) is 1.74. The lowest BCUT2D eigenvalue weighted by atomic mass is 10.4. The predicted octanol–water partition coefficient (Wildman–Crippen LogP) is 0.398. The lowest BCUT2D eigenvalue weighted by Gasteiger charge is -2.21.